The Hall–Kier alpha value is -3.26. The summed E-state index contributed by atoms with van der Waals surface area (Å²) >= 11 is 5.21. The summed E-state index contributed by atoms with van der Waals surface area (Å²) in [6, 6.07) is 14.7. The second kappa shape index (κ2) is 9.09. The van der Waals surface area contributed by atoms with Crippen LogP contribution in [0.5, 0.6) is 5.75 Å². The Balaban J connectivity index is 1.74. The number of benzene rings is 2. The molecule has 28 heavy (non-hydrogen) atoms. The maximum absolute atomic E-state index is 11.5. The number of aryl methyl sites for hydroxylation is 1. The van der Waals surface area contributed by atoms with E-state index in [1.54, 1.807) is 23.0 Å². The van der Waals surface area contributed by atoms with E-state index in [9.17, 15) is 4.79 Å². The lowest BCUT2D eigenvalue weighted by atomic mass is 10.1. The number of hydrogen-bond acceptors (Lipinski definition) is 6. The Labute approximate surface area is 167 Å². The Bertz CT molecular complexity index is 1040. The van der Waals surface area contributed by atoms with Gasteiger partial charge in [0.1, 0.15) is 12.4 Å². The maximum Gasteiger partial charge on any atom is 0.337 e. The fraction of sp³-hybridized carbons (Fsp3) is 0.200. The van der Waals surface area contributed by atoms with E-state index >= 15 is 0 Å². The molecule has 1 heterocycles. The van der Waals surface area contributed by atoms with E-state index in [4.69, 9.17) is 21.7 Å². The molecule has 0 spiro atoms. The first-order valence-electron chi connectivity index (χ1n) is 8.72. The molecule has 1 N–H and O–H groups in total. The van der Waals surface area contributed by atoms with Crippen LogP contribution in [0.3, 0.4) is 0 Å². The summed E-state index contributed by atoms with van der Waals surface area (Å²) in [7, 11) is 1.36. The van der Waals surface area contributed by atoms with Crippen molar-refractivity contribution in [1.82, 2.24) is 14.9 Å². The minimum absolute atomic E-state index is 0.359. The quantitative estimate of drug-likeness (QED) is 0.374. The van der Waals surface area contributed by atoms with Gasteiger partial charge in [-0.3, -0.25) is 5.10 Å². The number of methoxy groups -OCH3 is 1. The molecule has 0 aliphatic heterocycles. The van der Waals surface area contributed by atoms with Crippen molar-refractivity contribution < 1.29 is 14.3 Å². The molecule has 0 saturated carbocycles. The highest BCUT2D eigenvalue weighted by atomic mass is 32.1. The lowest BCUT2D eigenvalue weighted by Crippen LogP contribution is -2.03. The number of aromatic amines is 1. The summed E-state index contributed by atoms with van der Waals surface area (Å²) in [6.45, 7) is 2.34. The van der Waals surface area contributed by atoms with Gasteiger partial charge in [-0.15, -0.1) is 0 Å². The fourth-order valence-electron chi connectivity index (χ4n) is 2.53. The number of aromatic nitrogens is 3. The van der Waals surface area contributed by atoms with Crippen molar-refractivity contribution in [3.05, 3.63) is 75.8 Å². The van der Waals surface area contributed by atoms with Crippen molar-refractivity contribution in [1.29, 1.82) is 0 Å². The Kier molecular flexibility index (Phi) is 6.33. The topological polar surface area (TPSA) is 81.5 Å². The van der Waals surface area contributed by atoms with Gasteiger partial charge in [0.15, 0.2) is 5.82 Å². The molecule has 0 amide bonds. The highest BCUT2D eigenvalue weighted by Crippen LogP contribution is 2.18. The molecule has 0 unspecified atom stereocenters. The van der Waals surface area contributed by atoms with Crippen LogP contribution in [0.2, 0.25) is 0 Å². The SMILES string of the molecule is CCc1n[nH]c(=S)n1/N=C\c1ccccc1OCc1ccc(C(=O)OC)cc1. The third kappa shape index (κ3) is 4.52. The van der Waals surface area contributed by atoms with Crippen LogP contribution in [-0.2, 0) is 17.8 Å². The molecular formula is C20H20N4O3S. The van der Waals surface area contributed by atoms with Gasteiger partial charge in [-0.25, -0.2) is 4.79 Å². The molecule has 0 atom stereocenters. The molecule has 0 fully saturated rings. The van der Waals surface area contributed by atoms with E-state index in [1.165, 1.54) is 7.11 Å². The summed E-state index contributed by atoms with van der Waals surface area (Å²) in [6.07, 6.45) is 2.41. The van der Waals surface area contributed by atoms with E-state index in [2.05, 4.69) is 15.3 Å². The first kappa shape index (κ1) is 19.5. The number of para-hydroxylation sites is 1. The molecule has 0 saturated heterocycles. The minimum atomic E-state index is -0.363. The highest BCUT2D eigenvalue weighted by Gasteiger charge is 2.06. The second-order valence-corrected chi connectivity index (χ2v) is 6.26. The van der Waals surface area contributed by atoms with Gasteiger partial charge in [0.05, 0.1) is 18.9 Å². The van der Waals surface area contributed by atoms with Crippen molar-refractivity contribution in [2.45, 2.75) is 20.0 Å². The largest absolute Gasteiger partial charge is 0.488 e. The standard InChI is InChI=1S/C20H20N4O3S/c1-3-18-22-23-20(28)24(18)21-12-16-6-4-5-7-17(16)27-13-14-8-10-15(11-9-14)19(25)26-2/h4-12H,3,13H2,1-2H3,(H,23,28)/b21-12-. The predicted octanol–water partition coefficient (Wildman–Crippen LogP) is 3.75. The molecule has 7 nitrogen and oxygen atoms in total. The van der Waals surface area contributed by atoms with Gasteiger partial charge >= 0.3 is 5.97 Å². The summed E-state index contributed by atoms with van der Waals surface area (Å²) in [5, 5.41) is 11.3. The third-order valence-corrected chi connectivity index (χ3v) is 4.30. The molecule has 3 rings (SSSR count). The van der Waals surface area contributed by atoms with Crippen LogP contribution in [-0.4, -0.2) is 34.2 Å². The number of nitrogens with one attached hydrogen (secondary N) is 1. The lowest BCUT2D eigenvalue weighted by Gasteiger charge is -2.09. The van der Waals surface area contributed by atoms with Gasteiger partial charge in [-0.1, -0.05) is 31.2 Å². The first-order valence-corrected chi connectivity index (χ1v) is 9.13. The van der Waals surface area contributed by atoms with E-state index in [1.807, 2.05) is 43.3 Å². The van der Waals surface area contributed by atoms with Gasteiger partial charge < -0.3 is 9.47 Å². The smallest absolute Gasteiger partial charge is 0.337 e. The van der Waals surface area contributed by atoms with E-state index in [0.717, 1.165) is 17.0 Å². The molecule has 2 aromatic carbocycles. The lowest BCUT2D eigenvalue weighted by molar-refractivity contribution is 0.0600. The molecular weight excluding hydrogens is 376 g/mol. The van der Waals surface area contributed by atoms with Crippen molar-refractivity contribution in [3.63, 3.8) is 0 Å². The molecule has 0 aliphatic rings. The van der Waals surface area contributed by atoms with Crippen molar-refractivity contribution >= 4 is 24.4 Å². The van der Waals surface area contributed by atoms with Gasteiger partial charge in [0.25, 0.3) is 0 Å². The van der Waals surface area contributed by atoms with Gasteiger partial charge in [0, 0.05) is 12.0 Å². The predicted molar refractivity (Wildman–Crippen MR) is 108 cm³/mol. The van der Waals surface area contributed by atoms with E-state index in [-0.39, 0.29) is 5.97 Å². The molecule has 8 heteroatoms. The summed E-state index contributed by atoms with van der Waals surface area (Å²) < 4.78 is 12.7. The number of hydrogen-bond donors (Lipinski definition) is 1. The number of H-pyrrole nitrogens is 1. The minimum Gasteiger partial charge on any atom is -0.488 e. The summed E-state index contributed by atoms with van der Waals surface area (Å²) in [5.74, 6) is 1.08. The van der Waals surface area contributed by atoms with Crippen molar-refractivity contribution in [3.8, 4) is 5.75 Å². The molecule has 3 aromatic rings. The Morgan fingerprint density at radius 3 is 2.71 bits per heavy atom. The van der Waals surface area contributed by atoms with Crippen molar-refractivity contribution in [2.24, 2.45) is 5.10 Å². The summed E-state index contributed by atoms with van der Waals surface area (Å²) in [5.41, 5.74) is 2.26. The molecule has 0 aliphatic carbocycles. The highest BCUT2D eigenvalue weighted by molar-refractivity contribution is 7.71. The summed E-state index contributed by atoms with van der Waals surface area (Å²) in [4.78, 5) is 11.5. The number of rotatable bonds is 7. The zero-order valence-corrected chi connectivity index (χ0v) is 16.4. The number of esters is 1. The van der Waals surface area contributed by atoms with Crippen LogP contribution < -0.4 is 4.74 Å². The first-order chi connectivity index (χ1) is 13.6. The molecule has 0 radical (unpaired) electrons. The Morgan fingerprint density at radius 2 is 2.00 bits per heavy atom. The van der Waals surface area contributed by atoms with Crippen LogP contribution in [0, 0.1) is 4.77 Å². The van der Waals surface area contributed by atoms with Gasteiger partial charge in [-0.05, 0) is 42.0 Å². The average Bonchev–Trinajstić information content (AvgIpc) is 3.10. The molecule has 0 bridgehead atoms. The van der Waals surface area contributed by atoms with E-state index < -0.39 is 0 Å². The van der Waals surface area contributed by atoms with Crippen molar-refractivity contribution in [2.75, 3.05) is 7.11 Å². The molecule has 1 aromatic heterocycles. The Morgan fingerprint density at radius 1 is 1.25 bits per heavy atom. The van der Waals surface area contributed by atoms with Crippen LogP contribution in [0.4, 0.5) is 0 Å². The monoisotopic (exact) mass is 396 g/mol. The normalized spacial score (nSPS) is 10.9. The third-order valence-electron chi connectivity index (χ3n) is 4.03. The average molecular weight is 396 g/mol. The number of ether oxygens (including phenoxy) is 2. The van der Waals surface area contributed by atoms with Gasteiger partial charge in [0.2, 0.25) is 4.77 Å². The number of carbonyl (C=O) groups excluding carboxylic acids is 1. The number of nitrogens with zero attached hydrogens (tertiary/aromatic N) is 3. The van der Waals surface area contributed by atoms with Gasteiger partial charge in [-0.2, -0.15) is 14.9 Å². The zero-order chi connectivity index (χ0) is 19.9. The van der Waals surface area contributed by atoms with Crippen LogP contribution in [0.1, 0.15) is 34.2 Å². The van der Waals surface area contributed by atoms with Crippen LogP contribution in [0.25, 0.3) is 0 Å². The van der Waals surface area contributed by atoms with Crippen LogP contribution in [0.15, 0.2) is 53.6 Å². The van der Waals surface area contributed by atoms with E-state index in [0.29, 0.717) is 29.1 Å². The maximum atomic E-state index is 11.5. The molecule has 144 valence electrons. The fourth-order valence-corrected chi connectivity index (χ4v) is 2.72. The zero-order valence-electron chi connectivity index (χ0n) is 15.6. The van der Waals surface area contributed by atoms with Crippen LogP contribution >= 0.6 is 12.2 Å². The number of carbonyl (C=O) groups is 1. The second-order valence-electron chi connectivity index (χ2n) is 5.87.